The molecular formula is C24H25N3O3. The van der Waals surface area contributed by atoms with Gasteiger partial charge in [0.1, 0.15) is 0 Å². The highest BCUT2D eigenvalue weighted by Gasteiger charge is 2.34. The van der Waals surface area contributed by atoms with E-state index in [-0.39, 0.29) is 23.6 Å². The molecule has 0 atom stereocenters. The monoisotopic (exact) mass is 403 g/mol. The molecule has 30 heavy (non-hydrogen) atoms. The van der Waals surface area contributed by atoms with Gasteiger partial charge >= 0.3 is 0 Å². The molecule has 0 unspecified atom stereocenters. The molecule has 0 bridgehead atoms. The number of rotatable bonds is 7. The molecule has 1 aliphatic carbocycles. The normalized spacial score (nSPS) is 13.1. The first-order chi connectivity index (χ1) is 14.5. The number of carbonyl (C=O) groups is 2. The van der Waals surface area contributed by atoms with E-state index in [1.807, 2.05) is 62.4 Å². The molecule has 1 aliphatic rings. The molecule has 1 saturated carbocycles. The number of aromatic nitrogens is 1. The summed E-state index contributed by atoms with van der Waals surface area (Å²) >= 11 is 0. The van der Waals surface area contributed by atoms with Gasteiger partial charge in [0.15, 0.2) is 11.5 Å². The summed E-state index contributed by atoms with van der Waals surface area (Å²) in [6.07, 6.45) is 1.96. The summed E-state index contributed by atoms with van der Waals surface area (Å²) < 4.78 is 5.36. The van der Waals surface area contributed by atoms with Crippen LogP contribution in [0.5, 0.6) is 0 Å². The molecule has 2 amide bonds. The van der Waals surface area contributed by atoms with Crippen LogP contribution in [0.1, 0.15) is 56.1 Å². The lowest BCUT2D eigenvalue weighted by Gasteiger charge is -2.21. The molecule has 154 valence electrons. The number of amides is 2. The standard InChI is InChI=1S/C24H25N3O3/c1-16-3-7-18(8-4-16)14-25-23(28)22-13-21(30-26-22)15-27(20-11-12-20)24(29)19-9-5-17(2)6-10-19/h3-10,13,20H,11-12,14-15H2,1-2H3,(H,25,28). The van der Waals surface area contributed by atoms with Crippen molar-refractivity contribution in [1.82, 2.24) is 15.4 Å². The molecule has 1 heterocycles. The molecule has 0 radical (unpaired) electrons. The number of hydrogen-bond donors (Lipinski definition) is 1. The van der Waals surface area contributed by atoms with Crippen molar-refractivity contribution in [3.05, 3.63) is 88.3 Å². The van der Waals surface area contributed by atoms with Gasteiger partial charge in [0.05, 0.1) is 6.54 Å². The van der Waals surface area contributed by atoms with Crippen LogP contribution in [0.15, 0.2) is 59.1 Å². The maximum atomic E-state index is 13.0. The van der Waals surface area contributed by atoms with Crippen molar-refractivity contribution < 1.29 is 14.1 Å². The largest absolute Gasteiger partial charge is 0.359 e. The summed E-state index contributed by atoms with van der Waals surface area (Å²) in [4.78, 5) is 27.2. The quantitative estimate of drug-likeness (QED) is 0.646. The Kier molecular flexibility index (Phi) is 5.65. The summed E-state index contributed by atoms with van der Waals surface area (Å²) in [5, 5.41) is 6.74. The minimum atomic E-state index is -0.298. The van der Waals surface area contributed by atoms with Crippen LogP contribution in [0.4, 0.5) is 0 Å². The Morgan fingerprint density at radius 2 is 1.67 bits per heavy atom. The zero-order valence-electron chi connectivity index (χ0n) is 17.2. The van der Waals surface area contributed by atoms with Gasteiger partial charge in [-0.3, -0.25) is 9.59 Å². The van der Waals surface area contributed by atoms with E-state index in [0.29, 0.717) is 24.4 Å². The highest BCUT2D eigenvalue weighted by Crippen LogP contribution is 2.30. The second-order valence-electron chi connectivity index (χ2n) is 7.88. The Labute approximate surface area is 175 Å². The van der Waals surface area contributed by atoms with Gasteiger partial charge in [-0.2, -0.15) is 0 Å². The fourth-order valence-electron chi connectivity index (χ4n) is 3.26. The molecule has 0 aliphatic heterocycles. The van der Waals surface area contributed by atoms with Crippen molar-refractivity contribution in [2.45, 2.75) is 45.8 Å². The van der Waals surface area contributed by atoms with Gasteiger partial charge < -0.3 is 14.7 Å². The Balaban J connectivity index is 1.39. The molecule has 3 aromatic rings. The van der Waals surface area contributed by atoms with Crippen molar-refractivity contribution >= 4 is 11.8 Å². The maximum Gasteiger partial charge on any atom is 0.273 e. The smallest absolute Gasteiger partial charge is 0.273 e. The SMILES string of the molecule is Cc1ccc(CNC(=O)c2cc(CN(C(=O)c3ccc(C)cc3)C3CC3)on2)cc1. The lowest BCUT2D eigenvalue weighted by molar-refractivity contribution is 0.0712. The van der Waals surface area contributed by atoms with Crippen LogP contribution >= 0.6 is 0 Å². The van der Waals surface area contributed by atoms with Crippen molar-refractivity contribution in [1.29, 1.82) is 0 Å². The third-order valence-electron chi connectivity index (χ3n) is 5.24. The van der Waals surface area contributed by atoms with Crippen LogP contribution in [-0.4, -0.2) is 27.9 Å². The molecule has 0 saturated heterocycles. The Morgan fingerprint density at radius 3 is 2.30 bits per heavy atom. The molecular weight excluding hydrogens is 378 g/mol. The van der Waals surface area contributed by atoms with Crippen LogP contribution in [0.2, 0.25) is 0 Å². The second-order valence-corrected chi connectivity index (χ2v) is 7.88. The van der Waals surface area contributed by atoms with Crippen molar-refractivity contribution in [2.75, 3.05) is 0 Å². The number of nitrogens with one attached hydrogen (secondary N) is 1. The average molecular weight is 403 g/mol. The van der Waals surface area contributed by atoms with E-state index in [2.05, 4.69) is 10.5 Å². The predicted molar refractivity (Wildman–Crippen MR) is 113 cm³/mol. The van der Waals surface area contributed by atoms with Crippen LogP contribution in [0.25, 0.3) is 0 Å². The lowest BCUT2D eigenvalue weighted by atomic mass is 10.1. The molecule has 1 fully saturated rings. The first-order valence-electron chi connectivity index (χ1n) is 10.2. The molecule has 4 rings (SSSR count). The zero-order valence-corrected chi connectivity index (χ0v) is 17.2. The number of benzene rings is 2. The highest BCUT2D eigenvalue weighted by molar-refractivity contribution is 5.95. The van der Waals surface area contributed by atoms with Gasteiger partial charge in [-0.15, -0.1) is 0 Å². The third kappa shape index (κ3) is 4.76. The van der Waals surface area contributed by atoms with Crippen LogP contribution in [0, 0.1) is 13.8 Å². The first kappa shape index (κ1) is 19.9. The van der Waals surface area contributed by atoms with E-state index >= 15 is 0 Å². The van der Waals surface area contributed by atoms with E-state index in [4.69, 9.17) is 4.52 Å². The average Bonchev–Trinajstić information content (AvgIpc) is 3.49. The van der Waals surface area contributed by atoms with E-state index in [0.717, 1.165) is 24.0 Å². The van der Waals surface area contributed by atoms with Crippen LogP contribution < -0.4 is 5.32 Å². The van der Waals surface area contributed by atoms with Crippen molar-refractivity contribution in [3.63, 3.8) is 0 Å². The summed E-state index contributed by atoms with van der Waals surface area (Å²) in [5.74, 6) is 0.176. The van der Waals surface area contributed by atoms with Gasteiger partial charge in [0.25, 0.3) is 11.8 Å². The number of hydrogen-bond acceptors (Lipinski definition) is 4. The molecule has 6 heteroatoms. The topological polar surface area (TPSA) is 75.4 Å². The summed E-state index contributed by atoms with van der Waals surface area (Å²) in [6.45, 7) is 4.73. The number of aryl methyl sites for hydroxylation is 2. The molecule has 1 N–H and O–H groups in total. The first-order valence-corrected chi connectivity index (χ1v) is 10.2. The van der Waals surface area contributed by atoms with Gasteiger partial charge in [-0.05, 0) is 44.4 Å². The minimum Gasteiger partial charge on any atom is -0.359 e. The Morgan fingerprint density at radius 1 is 1.03 bits per heavy atom. The van der Waals surface area contributed by atoms with E-state index in [1.54, 1.807) is 11.0 Å². The molecule has 6 nitrogen and oxygen atoms in total. The van der Waals surface area contributed by atoms with E-state index in [1.165, 1.54) is 5.56 Å². The lowest BCUT2D eigenvalue weighted by Crippen LogP contribution is -2.32. The van der Waals surface area contributed by atoms with Crippen LogP contribution in [0.3, 0.4) is 0 Å². The van der Waals surface area contributed by atoms with Gasteiger partial charge in [-0.1, -0.05) is 52.7 Å². The second kappa shape index (κ2) is 8.53. The van der Waals surface area contributed by atoms with E-state index in [9.17, 15) is 9.59 Å². The molecule has 1 aromatic heterocycles. The number of nitrogens with zero attached hydrogens (tertiary/aromatic N) is 2. The van der Waals surface area contributed by atoms with Crippen molar-refractivity contribution in [2.24, 2.45) is 0 Å². The summed E-state index contributed by atoms with van der Waals surface area (Å²) in [6, 6.07) is 17.4. The fraction of sp³-hybridized carbons (Fsp3) is 0.292. The van der Waals surface area contributed by atoms with Gasteiger partial charge in [0.2, 0.25) is 0 Å². The highest BCUT2D eigenvalue weighted by atomic mass is 16.5. The summed E-state index contributed by atoms with van der Waals surface area (Å²) in [7, 11) is 0. The van der Waals surface area contributed by atoms with Crippen LogP contribution in [-0.2, 0) is 13.1 Å². The fourth-order valence-corrected chi connectivity index (χ4v) is 3.26. The van der Waals surface area contributed by atoms with Gasteiger partial charge in [-0.25, -0.2) is 0 Å². The van der Waals surface area contributed by atoms with Gasteiger partial charge in [0, 0.05) is 24.2 Å². The minimum absolute atomic E-state index is 0.0285. The molecule has 0 spiro atoms. The zero-order chi connectivity index (χ0) is 21.1. The summed E-state index contributed by atoms with van der Waals surface area (Å²) in [5.41, 5.74) is 4.17. The number of carbonyl (C=O) groups excluding carboxylic acids is 2. The Bertz CT molecular complexity index is 1030. The Hall–Kier alpha value is -3.41. The molecule has 2 aromatic carbocycles. The third-order valence-corrected chi connectivity index (χ3v) is 5.24. The predicted octanol–water partition coefficient (Wildman–Crippen LogP) is 4.03. The van der Waals surface area contributed by atoms with Crippen molar-refractivity contribution in [3.8, 4) is 0 Å². The van der Waals surface area contributed by atoms with E-state index < -0.39 is 0 Å². The maximum absolute atomic E-state index is 13.0.